The first-order valence-corrected chi connectivity index (χ1v) is 7.29. The maximum atomic E-state index is 4.60. The molecule has 0 saturated carbocycles. The monoisotopic (exact) mass is 251 g/mol. The first-order valence-electron chi connectivity index (χ1n) is 6.41. The van der Waals surface area contributed by atoms with Gasteiger partial charge in [-0.15, -0.1) is 11.3 Å². The molecule has 2 aromatic heterocycles. The van der Waals surface area contributed by atoms with Gasteiger partial charge in [-0.05, 0) is 38.3 Å². The average molecular weight is 251 g/mol. The zero-order chi connectivity index (χ0) is 12.1. The molecular weight excluding hydrogens is 230 g/mol. The Balaban J connectivity index is 1.76. The predicted molar refractivity (Wildman–Crippen MR) is 73.7 cm³/mol. The van der Waals surface area contributed by atoms with E-state index < -0.39 is 0 Å². The highest BCUT2D eigenvalue weighted by molar-refractivity contribution is 7.15. The minimum Gasteiger partial charge on any atom is -0.316 e. The highest BCUT2D eigenvalue weighted by Crippen LogP contribution is 2.14. The molecule has 0 aromatic carbocycles. The van der Waals surface area contributed by atoms with Crippen molar-refractivity contribution in [1.29, 1.82) is 0 Å². The van der Waals surface area contributed by atoms with Gasteiger partial charge in [0.05, 0.1) is 5.69 Å². The molecule has 3 nitrogen and oxygen atoms in total. The molecule has 2 aromatic rings. The molecule has 1 unspecified atom stereocenters. The standard InChI is InChI=1S/C13H21N3S/c1-3-6-14-9-11(2)4-5-12-10-16-7-8-17-13(16)15-12/h7-8,10-11,14H,3-6,9H2,1-2H3. The van der Waals surface area contributed by atoms with Gasteiger partial charge in [-0.2, -0.15) is 0 Å². The number of hydrogen-bond acceptors (Lipinski definition) is 3. The molecule has 2 rings (SSSR count). The quantitative estimate of drug-likeness (QED) is 0.767. The van der Waals surface area contributed by atoms with Gasteiger partial charge in [0.1, 0.15) is 0 Å². The molecule has 0 fully saturated rings. The van der Waals surface area contributed by atoms with Crippen LogP contribution in [0.5, 0.6) is 0 Å². The maximum Gasteiger partial charge on any atom is 0.193 e. The first kappa shape index (κ1) is 12.6. The van der Waals surface area contributed by atoms with Crippen molar-refractivity contribution in [3.05, 3.63) is 23.5 Å². The Morgan fingerprint density at radius 2 is 2.41 bits per heavy atom. The number of aryl methyl sites for hydroxylation is 1. The number of nitrogens with one attached hydrogen (secondary N) is 1. The number of rotatable bonds is 7. The van der Waals surface area contributed by atoms with Crippen molar-refractivity contribution in [1.82, 2.24) is 14.7 Å². The molecule has 0 bridgehead atoms. The normalized spacial score (nSPS) is 13.3. The van der Waals surface area contributed by atoms with E-state index in [1.807, 2.05) is 0 Å². The Morgan fingerprint density at radius 3 is 3.18 bits per heavy atom. The van der Waals surface area contributed by atoms with Gasteiger partial charge in [0.25, 0.3) is 0 Å². The van der Waals surface area contributed by atoms with Gasteiger partial charge in [-0.3, -0.25) is 4.40 Å². The summed E-state index contributed by atoms with van der Waals surface area (Å²) in [7, 11) is 0. The van der Waals surface area contributed by atoms with Crippen molar-refractivity contribution in [3.8, 4) is 0 Å². The Bertz CT molecular complexity index is 418. The zero-order valence-electron chi connectivity index (χ0n) is 10.6. The zero-order valence-corrected chi connectivity index (χ0v) is 11.5. The van der Waals surface area contributed by atoms with E-state index in [4.69, 9.17) is 0 Å². The highest BCUT2D eigenvalue weighted by atomic mass is 32.1. The second-order valence-corrected chi connectivity index (χ2v) is 5.55. The molecule has 0 amide bonds. The molecule has 0 radical (unpaired) electrons. The van der Waals surface area contributed by atoms with Crippen molar-refractivity contribution in [2.24, 2.45) is 5.92 Å². The Hall–Kier alpha value is -0.870. The van der Waals surface area contributed by atoms with Crippen LogP contribution in [0.3, 0.4) is 0 Å². The fraction of sp³-hybridized carbons (Fsp3) is 0.615. The SMILES string of the molecule is CCCNCC(C)CCc1cn2ccsc2n1. The summed E-state index contributed by atoms with van der Waals surface area (Å²) in [6.45, 7) is 6.76. The molecule has 1 N–H and O–H groups in total. The largest absolute Gasteiger partial charge is 0.316 e. The molecule has 0 spiro atoms. The molecule has 1 atom stereocenters. The van der Waals surface area contributed by atoms with Crippen molar-refractivity contribution < 1.29 is 0 Å². The summed E-state index contributed by atoms with van der Waals surface area (Å²) < 4.78 is 2.11. The first-order chi connectivity index (χ1) is 8.29. The molecule has 4 heteroatoms. The van der Waals surface area contributed by atoms with E-state index >= 15 is 0 Å². The third-order valence-electron chi connectivity index (χ3n) is 2.96. The summed E-state index contributed by atoms with van der Waals surface area (Å²) in [5.41, 5.74) is 1.22. The van der Waals surface area contributed by atoms with Crippen LogP contribution in [0.15, 0.2) is 17.8 Å². The summed E-state index contributed by atoms with van der Waals surface area (Å²) in [5.74, 6) is 0.723. The van der Waals surface area contributed by atoms with Crippen LogP contribution >= 0.6 is 11.3 Å². The molecule has 0 aliphatic carbocycles. The van der Waals surface area contributed by atoms with Crippen molar-refractivity contribution in [2.45, 2.75) is 33.1 Å². The molecule has 0 aliphatic rings. The Kier molecular flexibility index (Phi) is 4.57. The van der Waals surface area contributed by atoms with E-state index in [0.29, 0.717) is 0 Å². The number of nitrogens with zero attached hydrogens (tertiary/aromatic N) is 2. The van der Waals surface area contributed by atoms with Gasteiger partial charge in [0.15, 0.2) is 4.96 Å². The van der Waals surface area contributed by atoms with Crippen molar-refractivity contribution in [3.63, 3.8) is 0 Å². The lowest BCUT2D eigenvalue weighted by Gasteiger charge is -2.10. The lowest BCUT2D eigenvalue weighted by molar-refractivity contribution is 0.480. The summed E-state index contributed by atoms with van der Waals surface area (Å²) in [6, 6.07) is 0. The summed E-state index contributed by atoms with van der Waals surface area (Å²) >= 11 is 1.70. The van der Waals surface area contributed by atoms with Gasteiger partial charge in [-0.1, -0.05) is 13.8 Å². The van der Waals surface area contributed by atoms with E-state index in [1.165, 1.54) is 18.5 Å². The van der Waals surface area contributed by atoms with E-state index in [9.17, 15) is 0 Å². The third kappa shape index (κ3) is 3.54. The molecule has 94 valence electrons. The van der Waals surface area contributed by atoms with Crippen molar-refractivity contribution in [2.75, 3.05) is 13.1 Å². The summed E-state index contributed by atoms with van der Waals surface area (Å²) in [6.07, 6.45) is 7.73. The number of aromatic nitrogens is 2. The van der Waals surface area contributed by atoms with Crippen LogP contribution in [0.2, 0.25) is 0 Å². The molecular formula is C13H21N3S. The number of fused-ring (bicyclic) bond motifs is 1. The highest BCUT2D eigenvalue weighted by Gasteiger charge is 2.06. The lowest BCUT2D eigenvalue weighted by atomic mass is 10.0. The van der Waals surface area contributed by atoms with Crippen LogP contribution in [-0.2, 0) is 6.42 Å². The summed E-state index contributed by atoms with van der Waals surface area (Å²) in [5, 5.41) is 5.54. The second-order valence-electron chi connectivity index (χ2n) is 4.67. The van der Waals surface area contributed by atoms with Crippen LogP contribution in [0.25, 0.3) is 4.96 Å². The molecule has 0 saturated heterocycles. The van der Waals surface area contributed by atoms with E-state index in [0.717, 1.165) is 30.4 Å². The Morgan fingerprint density at radius 1 is 1.53 bits per heavy atom. The van der Waals surface area contributed by atoms with Gasteiger partial charge in [-0.25, -0.2) is 4.98 Å². The van der Waals surface area contributed by atoms with Gasteiger partial charge in [0, 0.05) is 17.8 Å². The van der Waals surface area contributed by atoms with Crippen LogP contribution in [-0.4, -0.2) is 22.5 Å². The van der Waals surface area contributed by atoms with E-state index in [2.05, 4.69) is 46.3 Å². The predicted octanol–water partition coefficient (Wildman–Crippen LogP) is 2.96. The van der Waals surface area contributed by atoms with Gasteiger partial charge in [0.2, 0.25) is 0 Å². The van der Waals surface area contributed by atoms with E-state index in [1.54, 1.807) is 11.3 Å². The van der Waals surface area contributed by atoms with Crippen LogP contribution < -0.4 is 5.32 Å². The third-order valence-corrected chi connectivity index (χ3v) is 3.73. The minimum absolute atomic E-state index is 0.723. The number of thiazole rings is 1. The second kappa shape index (κ2) is 6.17. The number of imidazole rings is 1. The van der Waals surface area contributed by atoms with Crippen molar-refractivity contribution >= 4 is 16.3 Å². The topological polar surface area (TPSA) is 29.3 Å². The number of hydrogen-bond donors (Lipinski definition) is 1. The maximum absolute atomic E-state index is 4.60. The fourth-order valence-electron chi connectivity index (χ4n) is 1.92. The molecule has 0 aliphatic heterocycles. The minimum atomic E-state index is 0.723. The Labute approximate surface area is 107 Å². The smallest absolute Gasteiger partial charge is 0.193 e. The fourth-order valence-corrected chi connectivity index (χ4v) is 2.64. The molecule has 2 heterocycles. The van der Waals surface area contributed by atoms with Gasteiger partial charge < -0.3 is 5.32 Å². The van der Waals surface area contributed by atoms with Crippen LogP contribution in [0.4, 0.5) is 0 Å². The summed E-state index contributed by atoms with van der Waals surface area (Å²) in [4.78, 5) is 5.71. The molecule has 17 heavy (non-hydrogen) atoms. The van der Waals surface area contributed by atoms with E-state index in [-0.39, 0.29) is 0 Å². The van der Waals surface area contributed by atoms with Gasteiger partial charge >= 0.3 is 0 Å². The average Bonchev–Trinajstić information content (AvgIpc) is 2.86. The lowest BCUT2D eigenvalue weighted by Crippen LogP contribution is -2.22. The van der Waals surface area contributed by atoms with Crippen LogP contribution in [0.1, 0.15) is 32.4 Å². The van der Waals surface area contributed by atoms with Crippen LogP contribution in [0, 0.1) is 5.92 Å².